The van der Waals surface area contributed by atoms with E-state index in [0.717, 1.165) is 50.4 Å². The third-order valence-corrected chi connectivity index (χ3v) is 5.61. The first-order valence-corrected chi connectivity index (χ1v) is 10.5. The lowest BCUT2D eigenvalue weighted by Crippen LogP contribution is -2.44. The topological polar surface area (TPSA) is 73.9 Å². The van der Waals surface area contributed by atoms with Crippen molar-refractivity contribution >= 4 is 28.9 Å². The number of hydrogen-bond donors (Lipinski definition) is 2. The lowest BCUT2D eigenvalue weighted by molar-refractivity contribution is -0.124. The Kier molecular flexibility index (Phi) is 6.30. The largest absolute Gasteiger partial charge is 0.368 e. The summed E-state index contributed by atoms with van der Waals surface area (Å²) in [4.78, 5) is 29.8. The van der Waals surface area contributed by atoms with Crippen LogP contribution in [0.1, 0.15) is 23.2 Å². The van der Waals surface area contributed by atoms with Crippen LogP contribution in [0, 0.1) is 0 Å². The van der Waals surface area contributed by atoms with Crippen molar-refractivity contribution in [2.24, 2.45) is 0 Å². The van der Waals surface area contributed by atoms with Crippen LogP contribution in [0.5, 0.6) is 0 Å². The Morgan fingerprint density at radius 2 is 1.80 bits per heavy atom. The lowest BCUT2D eigenvalue weighted by Gasteiger charge is -2.35. The summed E-state index contributed by atoms with van der Waals surface area (Å²) in [5, 5.41) is 5.89. The molecular formula is C23H28N4O3. The van der Waals surface area contributed by atoms with E-state index < -0.39 is 6.10 Å². The van der Waals surface area contributed by atoms with Crippen molar-refractivity contribution in [3.63, 3.8) is 0 Å². The predicted octanol–water partition coefficient (Wildman–Crippen LogP) is 2.81. The molecule has 7 nitrogen and oxygen atoms in total. The van der Waals surface area contributed by atoms with Gasteiger partial charge in [0.15, 0.2) is 0 Å². The molecule has 2 aliphatic rings. The van der Waals surface area contributed by atoms with Gasteiger partial charge in [-0.25, -0.2) is 0 Å². The number of rotatable bonds is 5. The summed E-state index contributed by atoms with van der Waals surface area (Å²) >= 11 is 0. The fourth-order valence-electron chi connectivity index (χ4n) is 3.84. The SMILES string of the molecule is CN1CCN(c2ccccc2NC(=O)c2cccc(NC(=O)C3CCCO3)c2)CC1. The van der Waals surface area contributed by atoms with Gasteiger partial charge >= 0.3 is 0 Å². The molecule has 30 heavy (non-hydrogen) atoms. The van der Waals surface area contributed by atoms with Gasteiger partial charge in [-0.05, 0) is 50.2 Å². The number of hydrogen-bond acceptors (Lipinski definition) is 5. The molecule has 2 aromatic carbocycles. The molecule has 1 unspecified atom stereocenters. The molecule has 2 fully saturated rings. The van der Waals surface area contributed by atoms with Gasteiger partial charge in [0.1, 0.15) is 6.10 Å². The minimum absolute atomic E-state index is 0.162. The second-order valence-corrected chi connectivity index (χ2v) is 7.83. The van der Waals surface area contributed by atoms with Crippen LogP contribution in [0.15, 0.2) is 48.5 Å². The summed E-state index contributed by atoms with van der Waals surface area (Å²) in [5.74, 6) is -0.365. The van der Waals surface area contributed by atoms with Gasteiger partial charge in [-0.15, -0.1) is 0 Å². The number of ether oxygens (including phenoxy) is 1. The van der Waals surface area contributed by atoms with Gasteiger partial charge in [-0.2, -0.15) is 0 Å². The lowest BCUT2D eigenvalue weighted by atomic mass is 10.1. The molecule has 2 aliphatic heterocycles. The molecule has 7 heteroatoms. The molecule has 1 atom stereocenters. The van der Waals surface area contributed by atoms with E-state index in [9.17, 15) is 9.59 Å². The minimum atomic E-state index is -0.405. The van der Waals surface area contributed by atoms with Gasteiger partial charge in [0.2, 0.25) is 0 Å². The van der Waals surface area contributed by atoms with E-state index >= 15 is 0 Å². The summed E-state index contributed by atoms with van der Waals surface area (Å²) in [6.45, 7) is 4.46. The van der Waals surface area contributed by atoms with Gasteiger partial charge in [-0.3, -0.25) is 9.59 Å². The van der Waals surface area contributed by atoms with E-state index in [-0.39, 0.29) is 11.8 Å². The summed E-state index contributed by atoms with van der Waals surface area (Å²) < 4.78 is 5.42. The van der Waals surface area contributed by atoms with E-state index in [1.807, 2.05) is 24.3 Å². The molecule has 4 rings (SSSR count). The Morgan fingerprint density at radius 3 is 2.57 bits per heavy atom. The van der Waals surface area contributed by atoms with Crippen molar-refractivity contribution < 1.29 is 14.3 Å². The van der Waals surface area contributed by atoms with E-state index in [4.69, 9.17) is 4.74 Å². The molecule has 2 aromatic rings. The molecule has 0 radical (unpaired) electrons. The molecule has 0 spiro atoms. The van der Waals surface area contributed by atoms with Crippen LogP contribution in [-0.4, -0.2) is 62.7 Å². The summed E-state index contributed by atoms with van der Waals surface area (Å²) in [6.07, 6.45) is 1.22. The number of piperazine rings is 1. The van der Waals surface area contributed by atoms with Gasteiger partial charge in [0, 0.05) is 44.0 Å². The molecule has 0 bridgehead atoms. The Morgan fingerprint density at radius 1 is 1.00 bits per heavy atom. The van der Waals surface area contributed by atoms with Crippen molar-refractivity contribution in [1.82, 2.24) is 4.90 Å². The number of likely N-dealkylation sites (N-methyl/N-ethyl adjacent to an activating group) is 1. The third kappa shape index (κ3) is 4.80. The second-order valence-electron chi connectivity index (χ2n) is 7.83. The normalized spacial score (nSPS) is 19.5. The number of nitrogens with one attached hydrogen (secondary N) is 2. The number of benzene rings is 2. The zero-order chi connectivity index (χ0) is 20.9. The van der Waals surface area contributed by atoms with E-state index in [1.165, 1.54) is 0 Å². The molecule has 2 saturated heterocycles. The average Bonchev–Trinajstić information content (AvgIpc) is 3.30. The molecule has 2 N–H and O–H groups in total. The van der Waals surface area contributed by atoms with Crippen LogP contribution in [0.4, 0.5) is 17.1 Å². The van der Waals surface area contributed by atoms with Crippen molar-refractivity contribution in [1.29, 1.82) is 0 Å². The number of amides is 2. The monoisotopic (exact) mass is 408 g/mol. The Balaban J connectivity index is 1.45. The first kappa shape index (κ1) is 20.4. The first-order chi connectivity index (χ1) is 14.6. The standard InChI is InChI=1S/C23H28N4O3/c1-26-11-13-27(14-12-26)20-9-3-2-8-19(20)25-22(28)17-6-4-7-18(16-17)24-23(29)21-10-5-15-30-21/h2-4,6-9,16,21H,5,10-15H2,1H3,(H,24,29)(H,25,28). The van der Waals surface area contributed by atoms with Crippen molar-refractivity contribution in [3.05, 3.63) is 54.1 Å². The fraction of sp³-hybridized carbons (Fsp3) is 0.391. The molecule has 158 valence electrons. The summed E-state index contributed by atoms with van der Waals surface area (Å²) in [6, 6.07) is 14.9. The number of carbonyl (C=O) groups excluding carboxylic acids is 2. The van der Waals surface area contributed by atoms with E-state index in [1.54, 1.807) is 24.3 Å². The van der Waals surface area contributed by atoms with Gasteiger partial charge in [-0.1, -0.05) is 18.2 Å². The molecule has 0 aromatic heterocycles. The van der Waals surface area contributed by atoms with Gasteiger partial charge in [0.05, 0.1) is 11.4 Å². The first-order valence-electron chi connectivity index (χ1n) is 10.5. The molecular weight excluding hydrogens is 380 g/mol. The zero-order valence-electron chi connectivity index (χ0n) is 17.3. The molecule has 2 amide bonds. The number of anilines is 3. The Hall–Kier alpha value is -2.90. The van der Waals surface area contributed by atoms with Crippen LogP contribution in [0.3, 0.4) is 0 Å². The van der Waals surface area contributed by atoms with Crippen LogP contribution in [-0.2, 0) is 9.53 Å². The number of para-hydroxylation sites is 2. The second kappa shape index (κ2) is 9.28. The maximum absolute atomic E-state index is 12.9. The maximum Gasteiger partial charge on any atom is 0.255 e. The van der Waals surface area contributed by atoms with Crippen LogP contribution < -0.4 is 15.5 Å². The fourth-order valence-corrected chi connectivity index (χ4v) is 3.84. The summed E-state index contributed by atoms with van der Waals surface area (Å²) in [5.41, 5.74) is 2.91. The quantitative estimate of drug-likeness (QED) is 0.796. The van der Waals surface area contributed by atoms with E-state index in [0.29, 0.717) is 17.9 Å². The van der Waals surface area contributed by atoms with Crippen molar-refractivity contribution in [3.8, 4) is 0 Å². The highest BCUT2D eigenvalue weighted by Crippen LogP contribution is 2.27. The van der Waals surface area contributed by atoms with Gasteiger partial charge in [0.25, 0.3) is 11.8 Å². The number of carbonyl (C=O) groups is 2. The molecule has 0 aliphatic carbocycles. The highest BCUT2D eigenvalue weighted by atomic mass is 16.5. The maximum atomic E-state index is 12.9. The van der Waals surface area contributed by atoms with E-state index in [2.05, 4.69) is 27.5 Å². The third-order valence-electron chi connectivity index (χ3n) is 5.61. The number of nitrogens with zero attached hydrogens (tertiary/aromatic N) is 2. The van der Waals surface area contributed by atoms with Gasteiger partial charge < -0.3 is 25.2 Å². The van der Waals surface area contributed by atoms with Crippen LogP contribution >= 0.6 is 0 Å². The predicted molar refractivity (Wildman–Crippen MR) is 118 cm³/mol. The Labute approximate surface area is 177 Å². The molecule has 0 saturated carbocycles. The highest BCUT2D eigenvalue weighted by molar-refractivity contribution is 6.07. The zero-order valence-corrected chi connectivity index (χ0v) is 17.3. The van der Waals surface area contributed by atoms with Crippen molar-refractivity contribution in [2.45, 2.75) is 18.9 Å². The highest BCUT2D eigenvalue weighted by Gasteiger charge is 2.24. The minimum Gasteiger partial charge on any atom is -0.368 e. The van der Waals surface area contributed by atoms with Crippen LogP contribution in [0.25, 0.3) is 0 Å². The Bertz CT molecular complexity index is 903. The molecule has 2 heterocycles. The smallest absolute Gasteiger partial charge is 0.255 e. The van der Waals surface area contributed by atoms with Crippen LogP contribution in [0.2, 0.25) is 0 Å². The average molecular weight is 409 g/mol. The summed E-state index contributed by atoms with van der Waals surface area (Å²) in [7, 11) is 2.12. The van der Waals surface area contributed by atoms with Crippen molar-refractivity contribution in [2.75, 3.05) is 55.4 Å².